The number of aryl methyl sites for hydroxylation is 2. The van der Waals surface area contributed by atoms with Gasteiger partial charge in [-0.25, -0.2) is 0 Å². The van der Waals surface area contributed by atoms with Gasteiger partial charge in [-0.3, -0.25) is 4.68 Å². The Morgan fingerprint density at radius 3 is 2.81 bits per heavy atom. The van der Waals surface area contributed by atoms with Crippen LogP contribution in [0.15, 0.2) is 54.9 Å². The van der Waals surface area contributed by atoms with Crippen LogP contribution in [0.3, 0.4) is 0 Å². The van der Waals surface area contributed by atoms with Crippen molar-refractivity contribution >= 4 is 28.7 Å². The number of benzene rings is 2. The molecule has 2 N–H and O–H groups in total. The van der Waals surface area contributed by atoms with Crippen LogP contribution in [0.5, 0.6) is 5.75 Å². The van der Waals surface area contributed by atoms with Gasteiger partial charge >= 0.3 is 0 Å². The molecule has 26 heavy (non-hydrogen) atoms. The Labute approximate surface area is 159 Å². The van der Waals surface area contributed by atoms with Crippen molar-refractivity contribution in [1.82, 2.24) is 9.78 Å². The molecule has 0 aliphatic heterocycles. The summed E-state index contributed by atoms with van der Waals surface area (Å²) in [6.07, 6.45) is 3.69. The largest absolute Gasteiger partial charge is 0.497 e. The first kappa shape index (κ1) is 17.9. The molecule has 2 aromatic carbocycles. The van der Waals surface area contributed by atoms with E-state index < -0.39 is 0 Å². The lowest BCUT2D eigenvalue weighted by atomic mass is 10.1. The van der Waals surface area contributed by atoms with Crippen LogP contribution < -0.4 is 15.4 Å². The van der Waals surface area contributed by atoms with Crippen LogP contribution in [0.2, 0.25) is 0 Å². The Hall–Kier alpha value is -2.86. The maximum absolute atomic E-state index is 5.42. The molecular weight excluding hydrogens is 344 g/mol. The van der Waals surface area contributed by atoms with E-state index >= 15 is 0 Å². The SMILES string of the molecule is COc1cccc(Cn2cc(NC(=S)Nc3cc(C)ccc3C)cn2)c1. The van der Waals surface area contributed by atoms with Gasteiger partial charge in [0.25, 0.3) is 0 Å². The highest BCUT2D eigenvalue weighted by Gasteiger charge is 2.05. The van der Waals surface area contributed by atoms with Crippen molar-refractivity contribution in [3.63, 3.8) is 0 Å². The average Bonchev–Trinajstić information content (AvgIpc) is 3.05. The third kappa shape index (κ3) is 4.61. The molecule has 3 aromatic rings. The van der Waals surface area contributed by atoms with E-state index in [1.54, 1.807) is 13.3 Å². The number of methoxy groups -OCH3 is 1. The van der Waals surface area contributed by atoms with Gasteiger partial charge in [0.15, 0.2) is 5.11 Å². The summed E-state index contributed by atoms with van der Waals surface area (Å²) in [7, 11) is 1.67. The maximum atomic E-state index is 5.42. The van der Waals surface area contributed by atoms with E-state index in [1.165, 1.54) is 5.56 Å². The summed E-state index contributed by atoms with van der Waals surface area (Å²) in [5.74, 6) is 0.840. The van der Waals surface area contributed by atoms with E-state index in [9.17, 15) is 0 Å². The Bertz CT molecular complexity index is 920. The highest BCUT2D eigenvalue weighted by atomic mass is 32.1. The van der Waals surface area contributed by atoms with Gasteiger partial charge in [0.1, 0.15) is 5.75 Å². The zero-order valence-corrected chi connectivity index (χ0v) is 15.9. The van der Waals surface area contributed by atoms with Crippen LogP contribution in [0.1, 0.15) is 16.7 Å². The standard InChI is InChI=1S/C20H22N4OS/c1-14-7-8-15(2)19(9-14)23-20(26)22-17-11-21-24(13-17)12-16-5-4-6-18(10-16)25-3/h4-11,13H,12H2,1-3H3,(H2,22,23,26). The Kier molecular flexibility index (Phi) is 5.53. The molecular formula is C20H22N4OS. The second-order valence-corrected chi connectivity index (χ2v) is 6.58. The molecule has 5 nitrogen and oxygen atoms in total. The molecule has 0 aliphatic rings. The second kappa shape index (κ2) is 8.01. The fraction of sp³-hybridized carbons (Fsp3) is 0.200. The predicted octanol–water partition coefficient (Wildman–Crippen LogP) is 4.37. The summed E-state index contributed by atoms with van der Waals surface area (Å²) >= 11 is 5.42. The average molecular weight is 366 g/mol. The number of hydrogen-bond acceptors (Lipinski definition) is 3. The molecule has 1 heterocycles. The van der Waals surface area contributed by atoms with Crippen LogP contribution in [0, 0.1) is 13.8 Å². The molecule has 6 heteroatoms. The van der Waals surface area contributed by atoms with Gasteiger partial charge in [0.2, 0.25) is 0 Å². The number of nitrogens with zero attached hydrogens (tertiary/aromatic N) is 2. The molecule has 1 aromatic heterocycles. The molecule has 0 fully saturated rings. The molecule has 0 spiro atoms. The molecule has 0 unspecified atom stereocenters. The minimum Gasteiger partial charge on any atom is -0.497 e. The van der Waals surface area contributed by atoms with Crippen molar-refractivity contribution in [2.75, 3.05) is 17.7 Å². The molecule has 0 aliphatic carbocycles. The van der Waals surface area contributed by atoms with Crippen LogP contribution in [0.4, 0.5) is 11.4 Å². The van der Waals surface area contributed by atoms with Gasteiger partial charge < -0.3 is 15.4 Å². The van der Waals surface area contributed by atoms with E-state index in [1.807, 2.05) is 35.1 Å². The molecule has 0 radical (unpaired) electrons. The molecule has 0 saturated heterocycles. The highest BCUT2D eigenvalue weighted by molar-refractivity contribution is 7.80. The van der Waals surface area contributed by atoms with Crippen molar-refractivity contribution in [2.45, 2.75) is 20.4 Å². The summed E-state index contributed by atoms with van der Waals surface area (Å²) in [6.45, 7) is 4.77. The number of rotatable bonds is 5. The lowest BCUT2D eigenvalue weighted by Crippen LogP contribution is -2.19. The third-order valence-corrected chi connectivity index (χ3v) is 4.22. The Morgan fingerprint density at radius 1 is 1.15 bits per heavy atom. The van der Waals surface area contributed by atoms with E-state index in [0.29, 0.717) is 11.7 Å². The van der Waals surface area contributed by atoms with Gasteiger partial charge in [-0.15, -0.1) is 0 Å². The van der Waals surface area contributed by atoms with Crippen molar-refractivity contribution in [3.05, 3.63) is 71.5 Å². The summed E-state index contributed by atoms with van der Waals surface area (Å²) in [4.78, 5) is 0. The number of ether oxygens (including phenoxy) is 1. The minimum atomic E-state index is 0.541. The van der Waals surface area contributed by atoms with Crippen molar-refractivity contribution in [1.29, 1.82) is 0 Å². The second-order valence-electron chi connectivity index (χ2n) is 6.18. The first-order chi connectivity index (χ1) is 12.5. The lowest BCUT2D eigenvalue weighted by molar-refractivity contribution is 0.414. The van der Waals surface area contributed by atoms with Crippen LogP contribution in [-0.4, -0.2) is 22.0 Å². The van der Waals surface area contributed by atoms with Crippen molar-refractivity contribution in [2.24, 2.45) is 0 Å². The normalized spacial score (nSPS) is 10.4. The van der Waals surface area contributed by atoms with Crippen molar-refractivity contribution in [3.8, 4) is 5.75 Å². The minimum absolute atomic E-state index is 0.541. The van der Waals surface area contributed by atoms with E-state index in [-0.39, 0.29) is 0 Å². The number of thiocarbonyl (C=S) groups is 1. The zero-order chi connectivity index (χ0) is 18.5. The topological polar surface area (TPSA) is 51.1 Å². The summed E-state index contributed by atoms with van der Waals surface area (Å²) in [5.41, 5.74) is 5.30. The maximum Gasteiger partial charge on any atom is 0.175 e. The molecule has 134 valence electrons. The van der Waals surface area contributed by atoms with Gasteiger partial charge in [-0.2, -0.15) is 5.10 Å². The molecule has 0 atom stereocenters. The van der Waals surface area contributed by atoms with E-state index in [0.717, 1.165) is 28.3 Å². The molecule has 0 saturated carbocycles. The first-order valence-corrected chi connectivity index (χ1v) is 8.75. The Balaban J connectivity index is 1.62. The van der Waals surface area contributed by atoms with Gasteiger partial charge in [0, 0.05) is 11.9 Å². The van der Waals surface area contributed by atoms with Crippen LogP contribution in [0.25, 0.3) is 0 Å². The first-order valence-electron chi connectivity index (χ1n) is 8.34. The fourth-order valence-corrected chi connectivity index (χ4v) is 2.86. The monoisotopic (exact) mass is 366 g/mol. The number of nitrogens with one attached hydrogen (secondary N) is 2. The van der Waals surface area contributed by atoms with Gasteiger partial charge in [0.05, 0.1) is 25.5 Å². The number of aromatic nitrogens is 2. The molecule has 0 amide bonds. The predicted molar refractivity (Wildman–Crippen MR) is 110 cm³/mol. The smallest absolute Gasteiger partial charge is 0.175 e. The van der Waals surface area contributed by atoms with Gasteiger partial charge in [-0.05, 0) is 61.0 Å². The lowest BCUT2D eigenvalue weighted by Gasteiger charge is -2.12. The van der Waals surface area contributed by atoms with E-state index in [4.69, 9.17) is 17.0 Å². The van der Waals surface area contributed by atoms with Gasteiger partial charge in [-0.1, -0.05) is 24.3 Å². The van der Waals surface area contributed by atoms with Crippen LogP contribution >= 0.6 is 12.2 Å². The fourth-order valence-electron chi connectivity index (χ4n) is 2.63. The van der Waals surface area contributed by atoms with E-state index in [2.05, 4.69) is 47.8 Å². The van der Waals surface area contributed by atoms with Crippen LogP contribution in [-0.2, 0) is 6.54 Å². The molecule has 0 bridgehead atoms. The van der Waals surface area contributed by atoms with Crippen molar-refractivity contribution < 1.29 is 4.74 Å². The third-order valence-electron chi connectivity index (χ3n) is 4.01. The highest BCUT2D eigenvalue weighted by Crippen LogP contribution is 2.17. The summed E-state index contributed by atoms with van der Waals surface area (Å²) < 4.78 is 7.12. The number of anilines is 2. The number of hydrogen-bond donors (Lipinski definition) is 2. The zero-order valence-electron chi connectivity index (χ0n) is 15.1. The quantitative estimate of drug-likeness (QED) is 0.657. The Morgan fingerprint density at radius 2 is 2.00 bits per heavy atom. The summed E-state index contributed by atoms with van der Waals surface area (Å²) in [5, 5.41) is 11.3. The summed E-state index contributed by atoms with van der Waals surface area (Å²) in [6, 6.07) is 14.2. The molecule has 3 rings (SSSR count).